The van der Waals surface area contributed by atoms with E-state index in [2.05, 4.69) is 5.32 Å². The van der Waals surface area contributed by atoms with Gasteiger partial charge in [0.15, 0.2) is 0 Å². The molecule has 0 aromatic heterocycles. The van der Waals surface area contributed by atoms with Gasteiger partial charge in [0, 0.05) is 10.4 Å². The van der Waals surface area contributed by atoms with Crippen LogP contribution in [0.25, 0.3) is 10.8 Å². The summed E-state index contributed by atoms with van der Waals surface area (Å²) in [6.07, 6.45) is -4.33. The molecule has 3 rings (SSSR count). The van der Waals surface area contributed by atoms with E-state index in [1.807, 2.05) is 0 Å². The maximum absolute atomic E-state index is 12.4. The van der Waals surface area contributed by atoms with Gasteiger partial charge < -0.3 is 0 Å². The van der Waals surface area contributed by atoms with Crippen molar-refractivity contribution in [2.75, 3.05) is 5.32 Å². The molecule has 0 bridgehead atoms. The minimum atomic E-state index is -4.98. The molecule has 160 valence electrons. The number of hydrogen-bond donors (Lipinski definition) is 4. The SMILES string of the molecule is CC(=O)Nc1cc([As](=O)(O)O)ccc1O.FC(F)(F)c1ccc2cccc(Cl)c2c1. The van der Waals surface area contributed by atoms with Crippen molar-refractivity contribution in [2.24, 2.45) is 0 Å². The number of halogens is 4. The molecule has 0 atom stereocenters. The van der Waals surface area contributed by atoms with Crippen LogP contribution in [0.3, 0.4) is 0 Å². The molecule has 0 spiro atoms. The van der Waals surface area contributed by atoms with Crippen LogP contribution in [-0.4, -0.2) is 33.4 Å². The Bertz CT molecular complexity index is 1130. The Hall–Kier alpha value is -2.45. The number of rotatable bonds is 2. The largest absolute Gasteiger partial charge is 0.416 e. The molecule has 11 heteroatoms. The molecule has 0 aliphatic rings. The minimum absolute atomic E-state index is 0.00951. The summed E-state index contributed by atoms with van der Waals surface area (Å²) < 4.78 is 65.8. The number of carbonyl (C=O) groups is 1. The van der Waals surface area contributed by atoms with Gasteiger partial charge in [-0.3, -0.25) is 0 Å². The Morgan fingerprint density at radius 1 is 1.07 bits per heavy atom. The first-order valence-electron chi connectivity index (χ1n) is 8.21. The van der Waals surface area contributed by atoms with Crippen LogP contribution < -0.4 is 9.67 Å². The number of nitrogens with one attached hydrogen (secondary N) is 1. The molecular formula is C19H16AsClF3NO5. The topological polar surface area (TPSA) is 107 Å². The number of fused-ring (bicyclic) bond motifs is 1. The first-order valence-corrected chi connectivity index (χ1v) is 12.0. The molecule has 0 saturated carbocycles. The summed E-state index contributed by atoms with van der Waals surface area (Å²) in [5, 5.41) is 13.0. The zero-order valence-corrected chi connectivity index (χ0v) is 17.9. The number of alkyl halides is 3. The zero-order chi connectivity index (χ0) is 22.7. The molecule has 30 heavy (non-hydrogen) atoms. The van der Waals surface area contributed by atoms with Crippen molar-refractivity contribution in [2.45, 2.75) is 13.1 Å². The summed E-state index contributed by atoms with van der Waals surface area (Å²) in [5.41, 5.74) is -0.687. The Labute approximate surface area is 176 Å². The summed E-state index contributed by atoms with van der Waals surface area (Å²) in [6, 6.07) is 11.9. The Balaban J connectivity index is 0.000000214. The molecular weight excluding hydrogens is 490 g/mol. The number of carbonyl (C=O) groups excluding carboxylic acids is 1. The first kappa shape index (κ1) is 23.8. The molecule has 0 heterocycles. The van der Waals surface area contributed by atoms with E-state index in [1.54, 1.807) is 18.2 Å². The number of hydrogen-bond acceptors (Lipinski definition) is 3. The molecule has 0 unspecified atom stereocenters. The van der Waals surface area contributed by atoms with Crippen LogP contribution in [0.2, 0.25) is 5.02 Å². The maximum Gasteiger partial charge on any atom is 0.416 e. The van der Waals surface area contributed by atoms with Crippen molar-refractivity contribution in [3.63, 3.8) is 0 Å². The van der Waals surface area contributed by atoms with Crippen LogP contribution in [0.4, 0.5) is 18.9 Å². The second kappa shape index (κ2) is 9.14. The van der Waals surface area contributed by atoms with Gasteiger partial charge in [-0.2, -0.15) is 13.2 Å². The van der Waals surface area contributed by atoms with E-state index in [4.69, 9.17) is 19.8 Å². The molecule has 6 nitrogen and oxygen atoms in total. The van der Waals surface area contributed by atoms with Gasteiger partial charge in [0.05, 0.1) is 5.56 Å². The second-order valence-electron chi connectivity index (χ2n) is 6.10. The van der Waals surface area contributed by atoms with E-state index in [0.29, 0.717) is 15.8 Å². The molecule has 3 aromatic carbocycles. The average Bonchev–Trinajstić information content (AvgIpc) is 2.62. The number of phenols is 1. The zero-order valence-electron chi connectivity index (χ0n) is 15.3. The van der Waals surface area contributed by atoms with Gasteiger partial charge in [0.25, 0.3) is 0 Å². The first-order chi connectivity index (χ1) is 13.8. The van der Waals surface area contributed by atoms with E-state index in [9.17, 15) is 26.8 Å². The Morgan fingerprint density at radius 2 is 1.73 bits per heavy atom. The maximum atomic E-state index is 12.4. The van der Waals surface area contributed by atoms with Crippen LogP contribution in [0.5, 0.6) is 5.75 Å². The quantitative estimate of drug-likeness (QED) is 0.315. The number of phenolic OH excluding ortho intramolecular Hbond substituents is 1. The van der Waals surface area contributed by atoms with Crippen LogP contribution >= 0.6 is 11.6 Å². The number of anilines is 1. The van der Waals surface area contributed by atoms with Gasteiger partial charge in [-0.1, -0.05) is 29.8 Å². The smallest absolute Gasteiger partial charge is 0.166 e. The van der Waals surface area contributed by atoms with Gasteiger partial charge in [0.2, 0.25) is 0 Å². The number of aromatic hydroxyl groups is 1. The third-order valence-electron chi connectivity index (χ3n) is 3.78. The second-order valence-corrected chi connectivity index (χ2v) is 9.87. The van der Waals surface area contributed by atoms with Crippen LogP contribution in [-0.2, 0) is 14.7 Å². The van der Waals surface area contributed by atoms with E-state index in [0.717, 1.165) is 30.3 Å². The van der Waals surface area contributed by atoms with Crippen LogP contribution in [0.1, 0.15) is 12.5 Å². The fraction of sp³-hybridized carbons (Fsp3) is 0.105. The average molecular weight is 506 g/mol. The predicted octanol–water partition coefficient (Wildman–Crippen LogP) is 3.42. The normalized spacial score (nSPS) is 11.6. The summed E-state index contributed by atoms with van der Waals surface area (Å²) in [7, 11) is 0. The standard InChI is InChI=1S/C11H6ClF3.C8H10AsNO5/c12-10-3-1-2-7-4-5-8(6-9(7)10)11(13,14)15;1-5(11)10-7-4-6(9(13,14)15)2-3-8(7)12/h1-6H;2-4,12H,1H3,(H,10,11)(H2,13,14,15). The molecule has 4 N–H and O–H groups in total. The van der Waals surface area contributed by atoms with Crippen LogP contribution in [0, 0.1) is 0 Å². The molecule has 0 aliphatic heterocycles. The molecule has 0 aliphatic carbocycles. The summed E-state index contributed by atoms with van der Waals surface area (Å²) in [4.78, 5) is 10.7. The third kappa shape index (κ3) is 6.27. The molecule has 0 saturated heterocycles. The Kier molecular flexibility index (Phi) is 7.26. The predicted molar refractivity (Wildman–Crippen MR) is 107 cm³/mol. The van der Waals surface area contributed by atoms with Gasteiger partial charge >= 0.3 is 94.3 Å². The third-order valence-corrected chi connectivity index (χ3v) is 6.11. The van der Waals surface area contributed by atoms with Crippen molar-refractivity contribution in [3.05, 3.63) is 65.2 Å². The van der Waals surface area contributed by atoms with E-state index < -0.39 is 31.8 Å². The van der Waals surface area contributed by atoms with E-state index in [-0.39, 0.29) is 15.8 Å². The van der Waals surface area contributed by atoms with Crippen molar-refractivity contribution < 1.29 is 35.0 Å². The summed E-state index contributed by atoms with van der Waals surface area (Å²) >= 11 is 0.828. The van der Waals surface area contributed by atoms with Crippen molar-refractivity contribution in [1.29, 1.82) is 0 Å². The fourth-order valence-electron chi connectivity index (χ4n) is 2.41. The monoisotopic (exact) mass is 505 g/mol. The van der Waals surface area contributed by atoms with Gasteiger partial charge in [-0.15, -0.1) is 0 Å². The van der Waals surface area contributed by atoms with Gasteiger partial charge in [-0.05, 0) is 23.6 Å². The van der Waals surface area contributed by atoms with Crippen LogP contribution in [0.15, 0.2) is 54.6 Å². The van der Waals surface area contributed by atoms with Crippen molar-refractivity contribution >= 4 is 52.5 Å². The minimum Gasteiger partial charge on any atom is -0.166 e. The van der Waals surface area contributed by atoms with Gasteiger partial charge in [-0.25, -0.2) is 0 Å². The number of benzene rings is 3. The van der Waals surface area contributed by atoms with Crippen molar-refractivity contribution in [3.8, 4) is 5.75 Å². The summed E-state index contributed by atoms with van der Waals surface area (Å²) in [5.74, 6) is -0.668. The van der Waals surface area contributed by atoms with Crippen molar-refractivity contribution in [1.82, 2.24) is 0 Å². The Morgan fingerprint density at radius 3 is 2.30 bits per heavy atom. The number of amides is 1. The molecule has 0 fully saturated rings. The molecule has 0 radical (unpaired) electrons. The molecule has 1 amide bonds. The molecule has 3 aromatic rings. The fourth-order valence-corrected chi connectivity index (χ4v) is 3.83. The van der Waals surface area contributed by atoms with Gasteiger partial charge in [0.1, 0.15) is 0 Å². The van der Waals surface area contributed by atoms with E-state index in [1.165, 1.54) is 13.0 Å². The van der Waals surface area contributed by atoms with E-state index >= 15 is 0 Å². The summed E-state index contributed by atoms with van der Waals surface area (Å²) in [6.45, 7) is 1.23.